The fourth-order valence-electron chi connectivity index (χ4n) is 2.45. The lowest BCUT2D eigenvalue weighted by Crippen LogP contribution is -2.50. The summed E-state index contributed by atoms with van der Waals surface area (Å²) >= 11 is 0. The van der Waals surface area contributed by atoms with Gasteiger partial charge in [-0.1, -0.05) is 38.8 Å². The number of hydrogen-bond acceptors (Lipinski definition) is 4. The number of oxime groups is 1. The van der Waals surface area contributed by atoms with Gasteiger partial charge in [0, 0.05) is 13.7 Å². The van der Waals surface area contributed by atoms with Crippen molar-refractivity contribution in [2.24, 2.45) is 22.2 Å². The zero-order valence-corrected chi connectivity index (χ0v) is 13.1. The molecule has 0 fully saturated rings. The van der Waals surface area contributed by atoms with Crippen LogP contribution in [0.2, 0.25) is 0 Å². The largest absolute Gasteiger partial charge is 0.409 e. The molecule has 20 heavy (non-hydrogen) atoms. The summed E-state index contributed by atoms with van der Waals surface area (Å²) in [5, 5.41) is 15.0. The number of methoxy groups -OCH3 is 1. The van der Waals surface area contributed by atoms with E-state index >= 15 is 0 Å². The van der Waals surface area contributed by atoms with Crippen LogP contribution in [0.15, 0.2) is 5.16 Å². The van der Waals surface area contributed by atoms with E-state index in [0.29, 0.717) is 26.0 Å². The number of carbonyl (C=O) groups is 1. The average molecular weight is 287 g/mol. The SMILES string of the molecule is CCCC(CCC)(C(=O)NCC(C)COC)C(N)=NO. The molecule has 0 aliphatic rings. The molecule has 1 amide bonds. The Balaban J connectivity index is 4.96. The maximum atomic E-state index is 12.5. The van der Waals surface area contributed by atoms with Crippen LogP contribution in [0.5, 0.6) is 0 Å². The van der Waals surface area contributed by atoms with Crippen molar-refractivity contribution in [3.63, 3.8) is 0 Å². The fourth-order valence-corrected chi connectivity index (χ4v) is 2.45. The van der Waals surface area contributed by atoms with Crippen LogP contribution in [0.1, 0.15) is 46.5 Å². The van der Waals surface area contributed by atoms with Gasteiger partial charge in [0.2, 0.25) is 5.91 Å². The Bertz CT molecular complexity index is 313. The molecule has 0 aromatic heterocycles. The van der Waals surface area contributed by atoms with Gasteiger partial charge in [-0.3, -0.25) is 4.79 Å². The van der Waals surface area contributed by atoms with Crippen molar-refractivity contribution in [1.29, 1.82) is 0 Å². The van der Waals surface area contributed by atoms with Crippen LogP contribution in [0.25, 0.3) is 0 Å². The summed E-state index contributed by atoms with van der Waals surface area (Å²) in [5.74, 6) is 0.0507. The third-order valence-electron chi connectivity index (χ3n) is 3.45. The number of nitrogens with zero attached hydrogens (tertiary/aromatic N) is 1. The second-order valence-corrected chi connectivity index (χ2v) is 5.34. The number of rotatable bonds is 10. The van der Waals surface area contributed by atoms with Gasteiger partial charge in [-0.2, -0.15) is 0 Å². The fraction of sp³-hybridized carbons (Fsp3) is 0.857. The van der Waals surface area contributed by atoms with Crippen molar-refractivity contribution >= 4 is 11.7 Å². The van der Waals surface area contributed by atoms with Crippen molar-refractivity contribution in [2.75, 3.05) is 20.3 Å². The number of hydrogen-bond donors (Lipinski definition) is 3. The summed E-state index contributed by atoms with van der Waals surface area (Å²) in [5.41, 5.74) is 4.89. The minimum absolute atomic E-state index is 0.00176. The molecule has 0 aromatic rings. The number of nitrogens with one attached hydrogen (secondary N) is 1. The molecular formula is C14H29N3O3. The quantitative estimate of drug-likeness (QED) is 0.247. The molecule has 0 bridgehead atoms. The zero-order chi connectivity index (χ0) is 15.6. The van der Waals surface area contributed by atoms with Gasteiger partial charge in [-0.05, 0) is 18.8 Å². The summed E-state index contributed by atoms with van der Waals surface area (Å²) < 4.78 is 5.05. The maximum Gasteiger partial charge on any atom is 0.233 e. The Morgan fingerprint density at radius 1 is 1.40 bits per heavy atom. The third-order valence-corrected chi connectivity index (χ3v) is 3.45. The van der Waals surface area contributed by atoms with Crippen molar-refractivity contribution in [1.82, 2.24) is 5.32 Å². The van der Waals surface area contributed by atoms with Crippen molar-refractivity contribution in [2.45, 2.75) is 46.5 Å². The summed E-state index contributed by atoms with van der Waals surface area (Å²) in [6.45, 7) is 7.05. The highest BCUT2D eigenvalue weighted by Crippen LogP contribution is 2.30. The Morgan fingerprint density at radius 2 is 1.95 bits per heavy atom. The predicted octanol–water partition coefficient (Wildman–Crippen LogP) is 1.72. The molecule has 1 unspecified atom stereocenters. The molecule has 4 N–H and O–H groups in total. The predicted molar refractivity (Wildman–Crippen MR) is 79.7 cm³/mol. The number of carbonyl (C=O) groups excluding carboxylic acids is 1. The van der Waals surface area contributed by atoms with E-state index in [0.717, 1.165) is 12.8 Å². The Hall–Kier alpha value is -1.30. The summed E-state index contributed by atoms with van der Waals surface area (Å²) in [6.07, 6.45) is 2.72. The van der Waals surface area contributed by atoms with E-state index in [-0.39, 0.29) is 17.7 Å². The molecule has 0 rings (SSSR count). The number of amides is 1. The van der Waals surface area contributed by atoms with Crippen LogP contribution in [0, 0.1) is 11.3 Å². The average Bonchev–Trinajstić information content (AvgIpc) is 2.43. The minimum atomic E-state index is -0.912. The number of nitrogens with two attached hydrogens (primary N) is 1. The zero-order valence-electron chi connectivity index (χ0n) is 13.1. The van der Waals surface area contributed by atoms with E-state index in [1.807, 2.05) is 20.8 Å². The monoisotopic (exact) mass is 287 g/mol. The van der Waals surface area contributed by atoms with Gasteiger partial charge in [0.15, 0.2) is 5.84 Å². The molecule has 0 aliphatic heterocycles. The highest BCUT2D eigenvalue weighted by atomic mass is 16.5. The lowest BCUT2D eigenvalue weighted by molar-refractivity contribution is -0.128. The summed E-state index contributed by atoms with van der Waals surface area (Å²) in [4.78, 5) is 12.5. The molecule has 6 nitrogen and oxygen atoms in total. The van der Waals surface area contributed by atoms with Gasteiger partial charge in [0.25, 0.3) is 0 Å². The normalized spacial score (nSPS) is 14.1. The highest BCUT2D eigenvalue weighted by molar-refractivity contribution is 6.06. The van der Waals surface area contributed by atoms with E-state index in [1.165, 1.54) is 0 Å². The van der Waals surface area contributed by atoms with Crippen LogP contribution in [-0.2, 0) is 9.53 Å². The van der Waals surface area contributed by atoms with Gasteiger partial charge in [0.05, 0.1) is 6.61 Å². The Kier molecular flexibility index (Phi) is 8.96. The first-order valence-electron chi connectivity index (χ1n) is 7.23. The molecular weight excluding hydrogens is 258 g/mol. The molecule has 0 saturated heterocycles. The van der Waals surface area contributed by atoms with Crippen LogP contribution in [0.3, 0.4) is 0 Å². The molecule has 0 radical (unpaired) electrons. The lowest BCUT2D eigenvalue weighted by atomic mass is 9.77. The Morgan fingerprint density at radius 3 is 2.35 bits per heavy atom. The van der Waals surface area contributed by atoms with E-state index in [9.17, 15) is 4.79 Å². The van der Waals surface area contributed by atoms with Crippen LogP contribution < -0.4 is 11.1 Å². The molecule has 118 valence electrons. The van der Waals surface area contributed by atoms with Crippen molar-refractivity contribution in [3.8, 4) is 0 Å². The topological polar surface area (TPSA) is 96.9 Å². The first kappa shape index (κ1) is 18.7. The first-order valence-corrected chi connectivity index (χ1v) is 7.23. The smallest absolute Gasteiger partial charge is 0.233 e. The lowest BCUT2D eigenvalue weighted by Gasteiger charge is -2.31. The maximum absolute atomic E-state index is 12.5. The molecule has 6 heteroatoms. The molecule has 0 saturated carbocycles. The number of amidine groups is 1. The van der Waals surface area contributed by atoms with E-state index in [1.54, 1.807) is 7.11 Å². The van der Waals surface area contributed by atoms with Crippen LogP contribution in [-0.4, -0.2) is 37.2 Å². The van der Waals surface area contributed by atoms with Gasteiger partial charge in [0.1, 0.15) is 5.41 Å². The Labute approximate surface area is 121 Å². The minimum Gasteiger partial charge on any atom is -0.409 e. The second kappa shape index (κ2) is 9.58. The second-order valence-electron chi connectivity index (χ2n) is 5.34. The van der Waals surface area contributed by atoms with Crippen molar-refractivity contribution < 1.29 is 14.7 Å². The standard InChI is InChI=1S/C14H29N3O3/c1-5-7-14(8-6-2,12(15)17-19)13(18)16-9-11(3)10-20-4/h11,19H,5-10H2,1-4H3,(H2,15,17)(H,16,18). The van der Waals surface area contributed by atoms with Gasteiger partial charge >= 0.3 is 0 Å². The molecule has 0 aromatic carbocycles. The third kappa shape index (κ3) is 5.00. The molecule has 0 heterocycles. The van der Waals surface area contributed by atoms with E-state index in [2.05, 4.69) is 10.5 Å². The number of ether oxygens (including phenoxy) is 1. The van der Waals surface area contributed by atoms with E-state index in [4.69, 9.17) is 15.7 Å². The first-order chi connectivity index (χ1) is 9.48. The van der Waals surface area contributed by atoms with Gasteiger partial charge in [-0.25, -0.2) is 0 Å². The van der Waals surface area contributed by atoms with Gasteiger partial charge < -0.3 is 21.0 Å². The molecule has 0 spiro atoms. The molecule has 0 aliphatic carbocycles. The molecule has 1 atom stereocenters. The summed E-state index contributed by atoms with van der Waals surface area (Å²) in [7, 11) is 1.63. The van der Waals surface area contributed by atoms with Crippen LogP contribution in [0.4, 0.5) is 0 Å². The van der Waals surface area contributed by atoms with Crippen molar-refractivity contribution in [3.05, 3.63) is 0 Å². The van der Waals surface area contributed by atoms with Gasteiger partial charge in [-0.15, -0.1) is 0 Å². The summed E-state index contributed by atoms with van der Waals surface area (Å²) in [6, 6.07) is 0. The highest BCUT2D eigenvalue weighted by Gasteiger charge is 2.41. The van der Waals surface area contributed by atoms with E-state index < -0.39 is 5.41 Å². The van der Waals surface area contributed by atoms with Crippen LogP contribution >= 0.6 is 0 Å².